The summed E-state index contributed by atoms with van der Waals surface area (Å²) < 4.78 is 0. The lowest BCUT2D eigenvalue weighted by atomic mass is 9.35. The van der Waals surface area contributed by atoms with Crippen LogP contribution in [0.5, 0.6) is 0 Å². The van der Waals surface area contributed by atoms with E-state index in [1.807, 2.05) is 26.0 Å². The summed E-state index contributed by atoms with van der Waals surface area (Å²) in [4.78, 5) is 31.4. The molecular weight excluding hydrogens is 456 g/mol. The number of fused-ring (bicyclic) bond motifs is 7. The van der Waals surface area contributed by atoms with Crippen molar-refractivity contribution >= 4 is 11.6 Å². The average Bonchev–Trinajstić information content (AvgIpc) is 2.82. The summed E-state index contributed by atoms with van der Waals surface area (Å²) in [6, 6.07) is 0. The SMILES string of the molecule is [C-]#[N+]C1=C[C@]2(C)C3=CC(=O)C4C5CC(C)(C)CC[C@]5(NCCC)CC[C@@]4(C)[C@]3(C)CC[C@H]2C(C)(C)C1=O. The van der Waals surface area contributed by atoms with E-state index in [-0.39, 0.29) is 45.1 Å². The second-order valence-corrected chi connectivity index (χ2v) is 15.3. The molecule has 0 aliphatic heterocycles. The molecule has 7 atom stereocenters. The molecule has 0 radical (unpaired) electrons. The molecule has 3 saturated carbocycles. The van der Waals surface area contributed by atoms with E-state index in [2.05, 4.69) is 51.7 Å². The van der Waals surface area contributed by atoms with Gasteiger partial charge < -0.3 is 10.1 Å². The fourth-order valence-corrected chi connectivity index (χ4v) is 10.3. The lowest BCUT2D eigenvalue weighted by Gasteiger charge is -2.69. The summed E-state index contributed by atoms with van der Waals surface area (Å²) in [5, 5.41) is 4.01. The number of nitrogens with zero attached hydrogens (tertiary/aromatic N) is 1. The van der Waals surface area contributed by atoms with E-state index in [0.29, 0.717) is 11.7 Å². The van der Waals surface area contributed by atoms with E-state index < -0.39 is 10.8 Å². The number of carbonyl (C=O) groups excluding carboxylic acids is 2. The summed E-state index contributed by atoms with van der Waals surface area (Å²) in [6.07, 6.45) is 12.7. The van der Waals surface area contributed by atoms with Gasteiger partial charge in [-0.3, -0.25) is 4.79 Å². The highest BCUT2D eigenvalue weighted by atomic mass is 16.1. The predicted octanol–water partition coefficient (Wildman–Crippen LogP) is 7.31. The molecule has 0 spiro atoms. The molecule has 2 unspecified atom stereocenters. The first-order valence-corrected chi connectivity index (χ1v) is 14.8. The molecule has 0 bridgehead atoms. The molecule has 0 saturated heterocycles. The van der Waals surface area contributed by atoms with Gasteiger partial charge in [0.05, 0.1) is 6.57 Å². The lowest BCUT2D eigenvalue weighted by molar-refractivity contribution is -0.161. The number of rotatable bonds is 3. The molecule has 1 N–H and O–H groups in total. The molecule has 5 aliphatic carbocycles. The zero-order valence-corrected chi connectivity index (χ0v) is 24.5. The van der Waals surface area contributed by atoms with E-state index in [0.717, 1.165) is 51.5 Å². The summed E-state index contributed by atoms with van der Waals surface area (Å²) in [5.41, 5.74) is 0.450. The maximum absolute atomic E-state index is 14.5. The van der Waals surface area contributed by atoms with Crippen molar-refractivity contribution in [1.29, 1.82) is 0 Å². The first kappa shape index (κ1) is 26.9. The van der Waals surface area contributed by atoms with Crippen molar-refractivity contribution in [1.82, 2.24) is 5.32 Å². The Balaban J connectivity index is 1.67. The third-order valence-corrected chi connectivity index (χ3v) is 12.6. The molecule has 0 heterocycles. The largest absolute Gasteiger partial charge is 0.311 e. The Bertz CT molecular complexity index is 1140. The van der Waals surface area contributed by atoms with Crippen LogP contribution in [0, 0.1) is 51.4 Å². The molecule has 0 aromatic heterocycles. The topological polar surface area (TPSA) is 50.5 Å². The van der Waals surface area contributed by atoms with E-state index in [9.17, 15) is 9.59 Å². The maximum atomic E-state index is 14.5. The van der Waals surface area contributed by atoms with Gasteiger partial charge >= 0.3 is 0 Å². The van der Waals surface area contributed by atoms with E-state index in [1.54, 1.807) is 0 Å². The van der Waals surface area contributed by atoms with Crippen molar-refractivity contribution < 1.29 is 9.59 Å². The van der Waals surface area contributed by atoms with Gasteiger partial charge in [-0.05, 0) is 92.1 Å². The second-order valence-electron chi connectivity index (χ2n) is 15.3. The molecule has 0 amide bonds. The quantitative estimate of drug-likeness (QED) is 0.410. The van der Waals surface area contributed by atoms with Gasteiger partial charge in [0.1, 0.15) is 0 Å². The predicted molar refractivity (Wildman–Crippen MR) is 148 cm³/mol. The first-order valence-electron chi connectivity index (χ1n) is 14.8. The zero-order chi connectivity index (χ0) is 27.2. The van der Waals surface area contributed by atoms with Gasteiger partial charge in [0, 0.05) is 22.3 Å². The molecule has 202 valence electrons. The molecule has 4 heteroatoms. The van der Waals surface area contributed by atoms with Crippen LogP contribution >= 0.6 is 0 Å². The number of allylic oxidation sites excluding steroid dienone is 4. The molecule has 0 aromatic rings. The summed E-state index contributed by atoms with van der Waals surface area (Å²) in [7, 11) is 0. The minimum atomic E-state index is -0.606. The Morgan fingerprint density at radius 3 is 2.32 bits per heavy atom. The molecule has 5 aliphatic rings. The van der Waals surface area contributed by atoms with Gasteiger partial charge in [-0.1, -0.05) is 67.0 Å². The maximum Gasteiger partial charge on any atom is 0.226 e. The van der Waals surface area contributed by atoms with Gasteiger partial charge in [-0.25, -0.2) is 4.85 Å². The summed E-state index contributed by atoms with van der Waals surface area (Å²) in [5.74, 6) is 0.728. The highest BCUT2D eigenvalue weighted by Gasteiger charge is 2.69. The van der Waals surface area contributed by atoms with Crippen LogP contribution in [0.15, 0.2) is 23.4 Å². The number of ketones is 2. The monoisotopic (exact) mass is 504 g/mol. The van der Waals surface area contributed by atoms with Crippen molar-refractivity contribution in [3.8, 4) is 0 Å². The second kappa shape index (κ2) is 8.14. The van der Waals surface area contributed by atoms with Crippen molar-refractivity contribution in [2.24, 2.45) is 44.8 Å². The summed E-state index contributed by atoms with van der Waals surface area (Å²) in [6.45, 7) is 26.9. The number of hydrogen-bond acceptors (Lipinski definition) is 3. The van der Waals surface area contributed by atoms with Gasteiger partial charge in [-0.15, -0.1) is 0 Å². The normalized spacial score (nSPS) is 45.9. The van der Waals surface area contributed by atoms with Gasteiger partial charge in [0.2, 0.25) is 5.70 Å². The van der Waals surface area contributed by atoms with E-state index in [1.165, 1.54) is 12.0 Å². The Morgan fingerprint density at radius 1 is 1.00 bits per heavy atom. The minimum absolute atomic E-state index is 0.0154. The summed E-state index contributed by atoms with van der Waals surface area (Å²) >= 11 is 0. The van der Waals surface area contributed by atoms with Crippen LogP contribution in [-0.4, -0.2) is 23.7 Å². The van der Waals surface area contributed by atoms with Crippen molar-refractivity contribution in [2.75, 3.05) is 6.54 Å². The smallest absolute Gasteiger partial charge is 0.226 e. The molecule has 4 nitrogen and oxygen atoms in total. The van der Waals surface area contributed by atoms with Crippen molar-refractivity contribution in [2.45, 2.75) is 112 Å². The zero-order valence-electron chi connectivity index (χ0n) is 24.5. The third kappa shape index (κ3) is 3.41. The Hall–Kier alpha value is -1.73. The highest BCUT2D eigenvalue weighted by molar-refractivity contribution is 6.03. The Morgan fingerprint density at radius 2 is 1.68 bits per heavy atom. The molecule has 0 aromatic carbocycles. The lowest BCUT2D eigenvalue weighted by Crippen LogP contribution is -2.69. The number of nitrogens with one attached hydrogen (secondary N) is 1. The van der Waals surface area contributed by atoms with E-state index >= 15 is 0 Å². The van der Waals surface area contributed by atoms with Crippen LogP contribution < -0.4 is 5.32 Å². The number of hydrogen-bond donors (Lipinski definition) is 1. The van der Waals surface area contributed by atoms with E-state index in [4.69, 9.17) is 6.57 Å². The van der Waals surface area contributed by atoms with Crippen molar-refractivity contribution in [3.05, 3.63) is 34.8 Å². The van der Waals surface area contributed by atoms with Crippen LogP contribution in [0.2, 0.25) is 0 Å². The van der Waals surface area contributed by atoms with Gasteiger partial charge in [-0.2, -0.15) is 0 Å². The molecule has 37 heavy (non-hydrogen) atoms. The van der Waals surface area contributed by atoms with Crippen LogP contribution in [-0.2, 0) is 9.59 Å². The fourth-order valence-electron chi connectivity index (χ4n) is 10.3. The van der Waals surface area contributed by atoms with Crippen LogP contribution in [0.25, 0.3) is 4.85 Å². The van der Waals surface area contributed by atoms with Crippen LogP contribution in [0.3, 0.4) is 0 Å². The Kier molecular flexibility index (Phi) is 5.91. The minimum Gasteiger partial charge on any atom is -0.311 e. The molecule has 5 rings (SSSR count). The number of Topliss-reactive ketones (excluding diaryl/α,β-unsaturated/α-hetero) is 1. The average molecular weight is 505 g/mol. The highest BCUT2D eigenvalue weighted by Crippen LogP contribution is 2.73. The number of carbonyl (C=O) groups is 2. The van der Waals surface area contributed by atoms with Crippen LogP contribution in [0.4, 0.5) is 0 Å². The molecular formula is C33H48N2O2. The Labute approximate surface area is 224 Å². The third-order valence-electron chi connectivity index (χ3n) is 12.6. The first-order chi connectivity index (χ1) is 17.1. The van der Waals surface area contributed by atoms with Gasteiger partial charge in [0.25, 0.3) is 0 Å². The molecule has 3 fully saturated rings. The van der Waals surface area contributed by atoms with Crippen molar-refractivity contribution in [3.63, 3.8) is 0 Å². The standard InChI is InChI=1S/C33H48N2O2/c1-10-17-35-33-15-13-28(2,3)19-21(33)26-23(36)18-25-30(6)20-22(34-9)27(37)29(4,5)24(30)11-12-31(25,7)32(26,8)14-16-33/h18,20-21,24,26,35H,10-17,19H2,1-8H3/t21?,24-,26?,30-,31+,32+,33-/m0/s1. The van der Waals surface area contributed by atoms with Gasteiger partial charge in [0.15, 0.2) is 11.6 Å². The fraction of sp³-hybridized carbons (Fsp3) is 0.788. The van der Waals surface area contributed by atoms with Crippen LogP contribution in [0.1, 0.15) is 107 Å².